The van der Waals surface area contributed by atoms with Gasteiger partial charge in [0.15, 0.2) is 5.78 Å². The van der Waals surface area contributed by atoms with Gasteiger partial charge in [-0.1, -0.05) is 0 Å². The van der Waals surface area contributed by atoms with Crippen molar-refractivity contribution in [1.82, 2.24) is 19.4 Å². The molecule has 0 bridgehead atoms. The summed E-state index contributed by atoms with van der Waals surface area (Å²) in [5.41, 5.74) is 4.91. The van der Waals surface area contributed by atoms with Crippen LogP contribution in [0.25, 0.3) is 16.8 Å². The van der Waals surface area contributed by atoms with Crippen molar-refractivity contribution in [3.63, 3.8) is 0 Å². The van der Waals surface area contributed by atoms with Gasteiger partial charge >= 0.3 is 0 Å². The molecule has 0 atom stereocenters. The molecule has 0 aliphatic carbocycles. The molecule has 0 amide bonds. The summed E-state index contributed by atoms with van der Waals surface area (Å²) < 4.78 is 6.99. The van der Waals surface area contributed by atoms with Crippen molar-refractivity contribution in [2.24, 2.45) is 0 Å². The van der Waals surface area contributed by atoms with E-state index in [9.17, 15) is 4.79 Å². The topological polar surface area (TPSA) is 69.4 Å². The molecule has 4 rings (SSSR count). The highest BCUT2D eigenvalue weighted by atomic mass is 16.5. The molecule has 0 radical (unpaired) electrons. The summed E-state index contributed by atoms with van der Waals surface area (Å²) in [4.78, 5) is 25.9. The number of methoxy groups -OCH3 is 1. The van der Waals surface area contributed by atoms with E-state index in [-0.39, 0.29) is 12.2 Å². The number of Topliss-reactive ketones (excluding diaryl/α,β-unsaturated/α-hetero) is 1. The lowest BCUT2D eigenvalue weighted by Crippen LogP contribution is -2.08. The number of carbonyl (C=O) groups is 1. The van der Waals surface area contributed by atoms with Gasteiger partial charge in [0.05, 0.1) is 25.3 Å². The Bertz CT molecular complexity index is 1120. The Balaban J connectivity index is 1.74. The van der Waals surface area contributed by atoms with Gasteiger partial charge < -0.3 is 9.14 Å². The molecule has 6 heteroatoms. The van der Waals surface area contributed by atoms with Crippen LogP contribution < -0.4 is 4.74 Å². The molecule has 134 valence electrons. The average molecular weight is 358 g/mol. The number of imidazole rings is 1. The SMILES string of the molecule is COc1ccc(CC(=O)c2cc(-c3cnccc3C)cn3ccnc23)nc1. The Morgan fingerprint density at radius 3 is 2.78 bits per heavy atom. The fourth-order valence-corrected chi connectivity index (χ4v) is 3.05. The number of hydrogen-bond acceptors (Lipinski definition) is 5. The van der Waals surface area contributed by atoms with Crippen molar-refractivity contribution in [1.29, 1.82) is 0 Å². The second kappa shape index (κ2) is 6.99. The van der Waals surface area contributed by atoms with Gasteiger partial charge in [-0.15, -0.1) is 0 Å². The van der Waals surface area contributed by atoms with Crippen molar-refractivity contribution in [2.45, 2.75) is 13.3 Å². The number of carbonyl (C=O) groups excluding carboxylic acids is 1. The predicted molar refractivity (Wildman–Crippen MR) is 102 cm³/mol. The molecule has 4 aromatic rings. The lowest BCUT2D eigenvalue weighted by Gasteiger charge is -2.10. The Morgan fingerprint density at radius 1 is 1.15 bits per heavy atom. The highest BCUT2D eigenvalue weighted by Gasteiger charge is 2.16. The highest BCUT2D eigenvalue weighted by molar-refractivity contribution is 6.03. The molecule has 0 spiro atoms. The summed E-state index contributed by atoms with van der Waals surface area (Å²) in [5, 5.41) is 0. The molecular formula is C21H18N4O2. The minimum Gasteiger partial charge on any atom is -0.495 e. The average Bonchev–Trinajstić information content (AvgIpc) is 3.16. The number of aromatic nitrogens is 4. The molecule has 0 aliphatic heterocycles. The normalized spacial score (nSPS) is 10.9. The Morgan fingerprint density at radius 2 is 2.04 bits per heavy atom. The van der Waals surface area contributed by atoms with Crippen molar-refractivity contribution < 1.29 is 9.53 Å². The van der Waals surface area contributed by atoms with Gasteiger partial charge in [-0.25, -0.2) is 4.98 Å². The summed E-state index contributed by atoms with van der Waals surface area (Å²) in [7, 11) is 1.59. The number of aryl methyl sites for hydroxylation is 1. The minimum atomic E-state index is -0.0349. The maximum Gasteiger partial charge on any atom is 0.172 e. The van der Waals surface area contributed by atoms with Gasteiger partial charge in [0.1, 0.15) is 11.4 Å². The van der Waals surface area contributed by atoms with Crippen LogP contribution in [0.4, 0.5) is 0 Å². The van der Waals surface area contributed by atoms with Crippen molar-refractivity contribution in [3.05, 3.63) is 78.3 Å². The molecule has 0 fully saturated rings. The first-order chi connectivity index (χ1) is 13.2. The van der Waals surface area contributed by atoms with Gasteiger partial charge in [0, 0.05) is 47.8 Å². The Hall–Kier alpha value is -3.54. The fraction of sp³-hybridized carbons (Fsp3) is 0.143. The third-order valence-corrected chi connectivity index (χ3v) is 4.51. The number of rotatable bonds is 5. The molecule has 0 aliphatic rings. The first kappa shape index (κ1) is 16.9. The van der Waals surface area contributed by atoms with Crippen molar-refractivity contribution >= 4 is 11.4 Å². The smallest absolute Gasteiger partial charge is 0.172 e. The van der Waals surface area contributed by atoms with Gasteiger partial charge in [0.25, 0.3) is 0 Å². The van der Waals surface area contributed by atoms with Crippen LogP contribution >= 0.6 is 0 Å². The molecule has 0 saturated carbocycles. The molecular weight excluding hydrogens is 340 g/mol. The monoisotopic (exact) mass is 358 g/mol. The van der Waals surface area contributed by atoms with Gasteiger partial charge in [0.2, 0.25) is 0 Å². The van der Waals surface area contributed by atoms with Crippen LogP contribution in [0.3, 0.4) is 0 Å². The zero-order valence-electron chi connectivity index (χ0n) is 15.1. The van der Waals surface area contributed by atoms with Crippen LogP contribution in [-0.4, -0.2) is 32.2 Å². The van der Waals surface area contributed by atoms with E-state index >= 15 is 0 Å². The van der Waals surface area contributed by atoms with E-state index in [0.29, 0.717) is 22.7 Å². The number of ketones is 1. The van der Waals surface area contributed by atoms with Gasteiger partial charge in [-0.2, -0.15) is 0 Å². The summed E-state index contributed by atoms with van der Waals surface area (Å²) in [6.07, 6.45) is 10.9. The first-order valence-corrected chi connectivity index (χ1v) is 8.55. The summed E-state index contributed by atoms with van der Waals surface area (Å²) in [6.45, 7) is 2.03. The maximum absolute atomic E-state index is 13.0. The van der Waals surface area contributed by atoms with Crippen LogP contribution in [-0.2, 0) is 6.42 Å². The minimum absolute atomic E-state index is 0.0349. The molecule has 27 heavy (non-hydrogen) atoms. The fourth-order valence-electron chi connectivity index (χ4n) is 3.05. The van der Waals surface area contributed by atoms with Gasteiger partial charge in [-0.05, 0) is 36.8 Å². The lowest BCUT2D eigenvalue weighted by atomic mass is 10.00. The number of pyridine rings is 3. The summed E-state index contributed by atoms with van der Waals surface area (Å²) in [6, 6.07) is 7.44. The third kappa shape index (κ3) is 3.29. The second-order valence-corrected chi connectivity index (χ2v) is 6.28. The molecule has 0 saturated heterocycles. The van der Waals surface area contributed by atoms with E-state index in [1.165, 1.54) is 0 Å². The summed E-state index contributed by atoms with van der Waals surface area (Å²) in [5.74, 6) is 0.628. The van der Waals surface area contributed by atoms with Crippen LogP contribution in [0.1, 0.15) is 21.6 Å². The number of fused-ring (bicyclic) bond motifs is 1. The summed E-state index contributed by atoms with van der Waals surface area (Å²) >= 11 is 0. The van der Waals surface area contributed by atoms with E-state index in [1.54, 1.807) is 37.8 Å². The number of nitrogens with zero attached hydrogens (tertiary/aromatic N) is 4. The maximum atomic E-state index is 13.0. The number of ether oxygens (including phenoxy) is 1. The largest absolute Gasteiger partial charge is 0.495 e. The standard InChI is InChI=1S/C21H18N4O2/c1-14-5-6-22-12-19(14)15-9-18(21-23-7-8-25(21)13-15)20(26)10-16-3-4-17(27-2)11-24-16/h3-9,11-13H,10H2,1-2H3. The van der Waals surface area contributed by atoms with Crippen LogP contribution in [0.5, 0.6) is 5.75 Å². The molecule has 0 unspecified atom stereocenters. The Kier molecular flexibility index (Phi) is 4.38. The van der Waals surface area contributed by atoms with Gasteiger partial charge in [-0.3, -0.25) is 14.8 Å². The zero-order chi connectivity index (χ0) is 18.8. The molecule has 0 N–H and O–H groups in total. The van der Waals surface area contributed by atoms with Crippen molar-refractivity contribution in [2.75, 3.05) is 7.11 Å². The van der Waals surface area contributed by atoms with E-state index in [1.807, 2.05) is 42.0 Å². The molecule has 0 aromatic carbocycles. The molecule has 4 aromatic heterocycles. The van der Waals surface area contributed by atoms with E-state index < -0.39 is 0 Å². The second-order valence-electron chi connectivity index (χ2n) is 6.28. The predicted octanol–water partition coefficient (Wildman–Crippen LogP) is 3.53. The van der Waals surface area contributed by atoms with Crippen LogP contribution in [0, 0.1) is 6.92 Å². The number of hydrogen-bond donors (Lipinski definition) is 0. The van der Waals surface area contributed by atoms with Crippen LogP contribution in [0.15, 0.2) is 61.4 Å². The quantitative estimate of drug-likeness (QED) is 0.511. The lowest BCUT2D eigenvalue weighted by molar-refractivity contribution is 0.0993. The molecule has 6 nitrogen and oxygen atoms in total. The Labute approximate surface area is 156 Å². The highest BCUT2D eigenvalue weighted by Crippen LogP contribution is 2.25. The zero-order valence-corrected chi connectivity index (χ0v) is 15.1. The van der Waals surface area contributed by atoms with E-state index in [2.05, 4.69) is 15.0 Å². The van der Waals surface area contributed by atoms with E-state index in [4.69, 9.17) is 4.74 Å². The first-order valence-electron chi connectivity index (χ1n) is 8.55. The van der Waals surface area contributed by atoms with E-state index in [0.717, 1.165) is 16.7 Å². The van der Waals surface area contributed by atoms with Crippen molar-refractivity contribution in [3.8, 4) is 16.9 Å². The van der Waals surface area contributed by atoms with Crippen LogP contribution in [0.2, 0.25) is 0 Å². The molecule has 4 heterocycles. The third-order valence-electron chi connectivity index (χ3n) is 4.51.